The summed E-state index contributed by atoms with van der Waals surface area (Å²) < 4.78 is 0. The number of aromatic nitrogens is 3. The van der Waals surface area contributed by atoms with Gasteiger partial charge in [0.25, 0.3) is 0 Å². The Morgan fingerprint density at radius 2 is 1.91 bits per heavy atom. The first-order chi connectivity index (χ1) is 15.1. The molecule has 2 amide bonds. The summed E-state index contributed by atoms with van der Waals surface area (Å²) in [5, 5.41) is 9.17. The number of nitrogens with one attached hydrogen (secondary N) is 3. The number of urea groups is 1. The molecule has 0 spiro atoms. The molecule has 2 aromatic heterocycles. The van der Waals surface area contributed by atoms with Crippen LogP contribution in [0.3, 0.4) is 0 Å². The second kappa shape index (κ2) is 12.4. The van der Waals surface area contributed by atoms with Gasteiger partial charge in [-0.1, -0.05) is 39.8 Å². The SMILES string of the molecule is C.CCCC(Nc1cncc(-c2ccc(NC(=O)NCC)c(CC)c2)n1)c1cccnc1. The Balaban J connectivity index is 0.00000363. The molecule has 0 saturated heterocycles. The van der Waals surface area contributed by atoms with E-state index in [1.807, 2.05) is 31.3 Å². The highest BCUT2D eigenvalue weighted by Crippen LogP contribution is 2.27. The van der Waals surface area contributed by atoms with Crippen LogP contribution >= 0.6 is 0 Å². The molecule has 3 N–H and O–H groups in total. The zero-order valence-corrected chi connectivity index (χ0v) is 18.4. The number of hydrogen-bond donors (Lipinski definition) is 3. The zero-order chi connectivity index (χ0) is 22.1. The quantitative estimate of drug-likeness (QED) is 0.394. The number of carbonyl (C=O) groups excluding carboxylic acids is 1. The fourth-order valence-corrected chi connectivity index (χ4v) is 3.44. The van der Waals surface area contributed by atoms with Crippen LogP contribution in [0.25, 0.3) is 11.3 Å². The molecule has 2 heterocycles. The smallest absolute Gasteiger partial charge is 0.319 e. The summed E-state index contributed by atoms with van der Waals surface area (Å²) in [5.41, 5.74) is 4.72. The lowest BCUT2D eigenvalue weighted by Gasteiger charge is -2.19. The Morgan fingerprint density at radius 3 is 2.59 bits per heavy atom. The first kappa shape index (κ1) is 24.8. The fourth-order valence-electron chi connectivity index (χ4n) is 3.44. The Kier molecular flexibility index (Phi) is 9.60. The number of nitrogens with zero attached hydrogens (tertiary/aromatic N) is 3. The highest BCUT2D eigenvalue weighted by Gasteiger charge is 2.13. The van der Waals surface area contributed by atoms with Gasteiger partial charge in [-0.15, -0.1) is 0 Å². The molecule has 1 aromatic carbocycles. The number of anilines is 2. The molecule has 170 valence electrons. The van der Waals surface area contributed by atoms with Gasteiger partial charge in [0.2, 0.25) is 0 Å². The number of pyridine rings is 1. The number of hydrogen-bond acceptors (Lipinski definition) is 5. The normalized spacial score (nSPS) is 11.2. The van der Waals surface area contributed by atoms with Crippen LogP contribution < -0.4 is 16.0 Å². The van der Waals surface area contributed by atoms with Gasteiger partial charge < -0.3 is 16.0 Å². The van der Waals surface area contributed by atoms with Crippen LogP contribution in [0.1, 0.15) is 58.2 Å². The van der Waals surface area contributed by atoms with Crippen molar-refractivity contribution in [1.82, 2.24) is 20.3 Å². The van der Waals surface area contributed by atoms with Gasteiger partial charge in [-0.3, -0.25) is 9.97 Å². The van der Waals surface area contributed by atoms with Gasteiger partial charge in [-0.25, -0.2) is 9.78 Å². The van der Waals surface area contributed by atoms with E-state index in [1.165, 1.54) is 0 Å². The maximum absolute atomic E-state index is 11.9. The largest absolute Gasteiger partial charge is 0.362 e. The van der Waals surface area contributed by atoms with E-state index < -0.39 is 0 Å². The average Bonchev–Trinajstić information content (AvgIpc) is 2.80. The van der Waals surface area contributed by atoms with Crippen molar-refractivity contribution >= 4 is 17.5 Å². The molecule has 0 fully saturated rings. The van der Waals surface area contributed by atoms with Gasteiger partial charge in [0.05, 0.1) is 24.1 Å². The van der Waals surface area contributed by atoms with Gasteiger partial charge in [0, 0.05) is 30.2 Å². The second-order valence-corrected chi connectivity index (χ2v) is 7.27. The summed E-state index contributed by atoms with van der Waals surface area (Å²) in [4.78, 5) is 25.3. The van der Waals surface area contributed by atoms with Crippen LogP contribution in [0.5, 0.6) is 0 Å². The first-order valence-electron chi connectivity index (χ1n) is 10.8. The molecule has 7 heteroatoms. The third kappa shape index (κ3) is 6.51. The zero-order valence-electron chi connectivity index (χ0n) is 18.4. The van der Waals surface area contributed by atoms with Crippen molar-refractivity contribution < 1.29 is 4.79 Å². The van der Waals surface area contributed by atoms with Crippen molar-refractivity contribution in [3.63, 3.8) is 0 Å². The fraction of sp³-hybridized carbons (Fsp3) is 0.360. The van der Waals surface area contributed by atoms with E-state index in [0.717, 1.165) is 53.2 Å². The summed E-state index contributed by atoms with van der Waals surface area (Å²) in [6, 6.07) is 9.88. The summed E-state index contributed by atoms with van der Waals surface area (Å²) in [5.74, 6) is 0.724. The molecule has 0 aliphatic carbocycles. The lowest BCUT2D eigenvalue weighted by atomic mass is 10.0. The van der Waals surface area contributed by atoms with Gasteiger partial charge in [0.1, 0.15) is 5.82 Å². The number of rotatable bonds is 9. The standard InChI is InChI=1S/C24H30N6O.CH4/c1-4-8-20(19-9-7-12-25-14-19)28-23-16-26-15-22(29-23)18-10-11-21(17(5-2)13-18)30-24(31)27-6-3;/h7,9-16,20H,4-6,8H2,1-3H3,(H,28,29)(H2,27,30,31);1H4. The Hall–Kier alpha value is -3.48. The summed E-state index contributed by atoms with van der Waals surface area (Å²) in [6.07, 6.45) is 9.98. The van der Waals surface area contributed by atoms with Crippen LogP contribution in [0.4, 0.5) is 16.3 Å². The third-order valence-corrected chi connectivity index (χ3v) is 4.99. The minimum absolute atomic E-state index is 0. The third-order valence-electron chi connectivity index (χ3n) is 4.99. The summed E-state index contributed by atoms with van der Waals surface area (Å²) in [6.45, 7) is 6.70. The minimum atomic E-state index is -0.201. The average molecular weight is 435 g/mol. The van der Waals surface area contributed by atoms with Crippen LogP contribution in [0, 0.1) is 0 Å². The topological polar surface area (TPSA) is 91.8 Å². The van der Waals surface area contributed by atoms with Gasteiger partial charge >= 0.3 is 6.03 Å². The van der Waals surface area contributed by atoms with Crippen LogP contribution in [0.2, 0.25) is 0 Å². The molecule has 1 atom stereocenters. The Morgan fingerprint density at radius 1 is 1.06 bits per heavy atom. The highest BCUT2D eigenvalue weighted by atomic mass is 16.2. The highest BCUT2D eigenvalue weighted by molar-refractivity contribution is 5.90. The van der Waals surface area contributed by atoms with E-state index in [-0.39, 0.29) is 19.5 Å². The molecule has 0 aliphatic rings. The van der Waals surface area contributed by atoms with Crippen LogP contribution in [-0.4, -0.2) is 27.5 Å². The first-order valence-corrected chi connectivity index (χ1v) is 10.8. The van der Waals surface area contributed by atoms with E-state index >= 15 is 0 Å². The van der Waals surface area contributed by atoms with Gasteiger partial charge in [-0.05, 0) is 49.1 Å². The maximum Gasteiger partial charge on any atom is 0.319 e. The van der Waals surface area contributed by atoms with Crippen molar-refractivity contribution in [2.75, 3.05) is 17.2 Å². The van der Waals surface area contributed by atoms with E-state index in [0.29, 0.717) is 6.54 Å². The van der Waals surface area contributed by atoms with Crippen molar-refractivity contribution in [2.45, 2.75) is 53.5 Å². The molecule has 1 unspecified atom stereocenters. The van der Waals surface area contributed by atoms with E-state index in [1.54, 1.807) is 18.6 Å². The summed E-state index contributed by atoms with van der Waals surface area (Å²) in [7, 11) is 0. The molecule has 32 heavy (non-hydrogen) atoms. The number of benzene rings is 1. The van der Waals surface area contributed by atoms with Gasteiger partial charge in [-0.2, -0.15) is 0 Å². The molecule has 0 aliphatic heterocycles. The van der Waals surface area contributed by atoms with E-state index in [9.17, 15) is 4.79 Å². The molecule has 0 radical (unpaired) electrons. The molecule has 0 saturated carbocycles. The van der Waals surface area contributed by atoms with Crippen molar-refractivity contribution in [3.05, 3.63) is 66.2 Å². The number of aryl methyl sites for hydroxylation is 1. The summed E-state index contributed by atoms with van der Waals surface area (Å²) >= 11 is 0. The number of amides is 2. The molecule has 3 rings (SSSR count). The molecule has 0 bridgehead atoms. The van der Waals surface area contributed by atoms with Crippen molar-refractivity contribution in [2.24, 2.45) is 0 Å². The van der Waals surface area contributed by atoms with E-state index in [2.05, 4.69) is 51.9 Å². The lowest BCUT2D eigenvalue weighted by molar-refractivity contribution is 0.252. The van der Waals surface area contributed by atoms with Crippen LogP contribution in [0.15, 0.2) is 55.1 Å². The molecule has 3 aromatic rings. The second-order valence-electron chi connectivity index (χ2n) is 7.27. The molecular weight excluding hydrogens is 400 g/mol. The Labute approximate surface area is 191 Å². The van der Waals surface area contributed by atoms with Gasteiger partial charge in [0.15, 0.2) is 0 Å². The predicted octanol–water partition coefficient (Wildman–Crippen LogP) is 5.83. The van der Waals surface area contributed by atoms with E-state index in [4.69, 9.17) is 4.98 Å². The van der Waals surface area contributed by atoms with Crippen molar-refractivity contribution in [1.29, 1.82) is 0 Å². The maximum atomic E-state index is 11.9. The molecular formula is C25H34N6O. The molecule has 7 nitrogen and oxygen atoms in total. The van der Waals surface area contributed by atoms with Crippen molar-refractivity contribution in [3.8, 4) is 11.3 Å². The number of carbonyl (C=O) groups is 1. The minimum Gasteiger partial charge on any atom is -0.362 e. The lowest BCUT2D eigenvalue weighted by Crippen LogP contribution is -2.28. The Bertz CT molecular complexity index is 993. The van der Waals surface area contributed by atoms with Crippen LogP contribution in [-0.2, 0) is 6.42 Å². The monoisotopic (exact) mass is 434 g/mol. The predicted molar refractivity (Wildman–Crippen MR) is 132 cm³/mol.